The number of hydrogen-bond acceptors (Lipinski definition) is 3. The van der Waals surface area contributed by atoms with Crippen LogP contribution < -0.4 is 10.6 Å². The average Bonchev–Trinajstić information content (AvgIpc) is 2.92. The van der Waals surface area contributed by atoms with Crippen LogP contribution in [0.25, 0.3) is 0 Å². The Labute approximate surface area is 121 Å². The molecule has 0 radical (unpaired) electrons. The Kier molecular flexibility index (Phi) is 3.65. The van der Waals surface area contributed by atoms with E-state index in [1.54, 1.807) is 0 Å². The predicted octanol–water partition coefficient (Wildman–Crippen LogP) is 2.73. The minimum atomic E-state index is -4.21. The van der Waals surface area contributed by atoms with E-state index in [9.17, 15) is 13.2 Å². The number of anilines is 1. The van der Waals surface area contributed by atoms with Crippen molar-refractivity contribution in [3.05, 3.63) is 34.5 Å². The second-order valence-corrected chi connectivity index (χ2v) is 5.56. The lowest BCUT2D eigenvalue weighted by Crippen LogP contribution is -2.33. The van der Waals surface area contributed by atoms with Gasteiger partial charge in [-0.3, -0.25) is 0 Å². The lowest BCUT2D eigenvalue weighted by molar-refractivity contribution is -0.0944. The maximum atomic E-state index is 12.7. The number of fused-ring (bicyclic) bond motifs is 1. The van der Waals surface area contributed by atoms with Crippen molar-refractivity contribution in [1.82, 2.24) is 4.98 Å². The fourth-order valence-electron chi connectivity index (χ4n) is 3.05. The van der Waals surface area contributed by atoms with E-state index in [0.29, 0.717) is 13.1 Å². The summed E-state index contributed by atoms with van der Waals surface area (Å²) in [6, 6.07) is 2.08. The summed E-state index contributed by atoms with van der Waals surface area (Å²) in [4.78, 5) is 6.57. The van der Waals surface area contributed by atoms with Crippen LogP contribution in [-0.4, -0.2) is 24.2 Å². The summed E-state index contributed by atoms with van der Waals surface area (Å²) in [7, 11) is 0. The van der Waals surface area contributed by atoms with Gasteiger partial charge in [-0.05, 0) is 37.3 Å². The van der Waals surface area contributed by atoms with Crippen molar-refractivity contribution in [2.75, 3.05) is 18.0 Å². The van der Waals surface area contributed by atoms with Crippen LogP contribution >= 0.6 is 0 Å². The van der Waals surface area contributed by atoms with E-state index < -0.39 is 11.7 Å². The Balaban J connectivity index is 1.87. The number of aromatic nitrogens is 1. The molecule has 0 amide bonds. The highest BCUT2D eigenvalue weighted by Crippen LogP contribution is 2.33. The minimum absolute atomic E-state index is 0.00623. The summed E-state index contributed by atoms with van der Waals surface area (Å²) in [5, 5.41) is 0. The molecule has 21 heavy (non-hydrogen) atoms. The molecule has 2 N–H and O–H groups in total. The molecule has 0 fully saturated rings. The number of alkyl halides is 3. The lowest BCUT2D eigenvalue weighted by Gasteiger charge is -2.30. The van der Waals surface area contributed by atoms with E-state index in [4.69, 9.17) is 5.73 Å². The SMILES string of the molecule is NCc1cc2c(nc1N1CC=C(C(F)(F)F)CC1)CCC2. The molecule has 0 saturated heterocycles. The van der Waals surface area contributed by atoms with Crippen molar-refractivity contribution in [1.29, 1.82) is 0 Å². The standard InChI is InChI=1S/C15H18F3N3/c16-15(17,18)12-4-6-21(7-5-12)14-11(9-19)8-10-2-1-3-13(10)20-14/h4,8H,1-3,5-7,9,19H2. The van der Waals surface area contributed by atoms with Gasteiger partial charge in [0.2, 0.25) is 0 Å². The highest BCUT2D eigenvalue weighted by atomic mass is 19.4. The third kappa shape index (κ3) is 2.77. The molecule has 1 aromatic rings. The molecule has 1 aliphatic carbocycles. The third-order valence-electron chi connectivity index (χ3n) is 4.20. The number of hydrogen-bond donors (Lipinski definition) is 1. The Morgan fingerprint density at radius 1 is 1.24 bits per heavy atom. The van der Waals surface area contributed by atoms with Gasteiger partial charge in [0.15, 0.2) is 0 Å². The second-order valence-electron chi connectivity index (χ2n) is 5.56. The zero-order chi connectivity index (χ0) is 15.0. The number of pyridine rings is 1. The van der Waals surface area contributed by atoms with Gasteiger partial charge in [-0.1, -0.05) is 6.08 Å². The van der Waals surface area contributed by atoms with E-state index in [-0.39, 0.29) is 13.0 Å². The zero-order valence-electron chi connectivity index (χ0n) is 11.7. The highest BCUT2D eigenvalue weighted by Gasteiger charge is 2.35. The summed E-state index contributed by atoms with van der Waals surface area (Å²) in [5.41, 5.74) is 8.60. The van der Waals surface area contributed by atoms with Gasteiger partial charge in [0.25, 0.3) is 0 Å². The molecule has 0 spiro atoms. The van der Waals surface area contributed by atoms with E-state index in [1.807, 2.05) is 4.90 Å². The van der Waals surface area contributed by atoms with Crippen LogP contribution in [0.3, 0.4) is 0 Å². The third-order valence-corrected chi connectivity index (χ3v) is 4.20. The smallest absolute Gasteiger partial charge is 0.352 e. The van der Waals surface area contributed by atoms with Gasteiger partial charge in [0.1, 0.15) is 5.82 Å². The highest BCUT2D eigenvalue weighted by molar-refractivity contribution is 5.52. The van der Waals surface area contributed by atoms with Gasteiger partial charge in [-0.2, -0.15) is 13.2 Å². The molecule has 0 unspecified atom stereocenters. The van der Waals surface area contributed by atoms with Gasteiger partial charge in [0, 0.05) is 36.5 Å². The van der Waals surface area contributed by atoms with E-state index in [2.05, 4.69) is 11.1 Å². The molecule has 0 aromatic carbocycles. The maximum Gasteiger partial charge on any atom is 0.412 e. The van der Waals surface area contributed by atoms with Crippen molar-refractivity contribution >= 4 is 5.82 Å². The molecule has 0 bridgehead atoms. The summed E-state index contributed by atoms with van der Waals surface area (Å²) in [6.45, 7) is 0.944. The molecule has 1 aromatic heterocycles. The number of rotatable bonds is 2. The quantitative estimate of drug-likeness (QED) is 0.854. The van der Waals surface area contributed by atoms with Crippen molar-refractivity contribution in [3.63, 3.8) is 0 Å². The van der Waals surface area contributed by atoms with Crippen LogP contribution in [0.2, 0.25) is 0 Å². The van der Waals surface area contributed by atoms with Crippen LogP contribution in [0.5, 0.6) is 0 Å². The molecule has 0 saturated carbocycles. The number of nitrogens with zero attached hydrogens (tertiary/aromatic N) is 2. The first-order valence-electron chi connectivity index (χ1n) is 7.22. The summed E-state index contributed by atoms with van der Waals surface area (Å²) in [5.74, 6) is 0.760. The number of aryl methyl sites for hydroxylation is 2. The lowest BCUT2D eigenvalue weighted by atomic mass is 10.1. The number of nitrogens with two attached hydrogens (primary N) is 1. The normalized spacial score (nSPS) is 18.7. The Bertz CT molecular complexity index is 578. The zero-order valence-corrected chi connectivity index (χ0v) is 11.7. The minimum Gasteiger partial charge on any atom is -0.352 e. The van der Waals surface area contributed by atoms with E-state index in [0.717, 1.165) is 36.3 Å². The fourth-order valence-corrected chi connectivity index (χ4v) is 3.05. The molecule has 1 aliphatic heterocycles. The molecular weight excluding hydrogens is 279 g/mol. The molecule has 2 heterocycles. The molecule has 114 valence electrons. The summed E-state index contributed by atoms with van der Waals surface area (Å²) in [6.07, 6.45) is 0.117. The first-order valence-corrected chi connectivity index (χ1v) is 7.22. The number of halogens is 3. The molecule has 2 aliphatic rings. The van der Waals surface area contributed by atoms with Gasteiger partial charge in [-0.25, -0.2) is 4.98 Å². The summed E-state index contributed by atoms with van der Waals surface area (Å²) < 4.78 is 38.0. The average molecular weight is 297 g/mol. The van der Waals surface area contributed by atoms with E-state index >= 15 is 0 Å². The van der Waals surface area contributed by atoms with Crippen LogP contribution in [0.1, 0.15) is 29.7 Å². The van der Waals surface area contributed by atoms with Crippen LogP contribution in [-0.2, 0) is 19.4 Å². The second kappa shape index (κ2) is 5.33. The largest absolute Gasteiger partial charge is 0.412 e. The van der Waals surface area contributed by atoms with Crippen LogP contribution in [0.4, 0.5) is 19.0 Å². The predicted molar refractivity (Wildman–Crippen MR) is 75.1 cm³/mol. The van der Waals surface area contributed by atoms with Crippen molar-refractivity contribution in [2.24, 2.45) is 5.73 Å². The van der Waals surface area contributed by atoms with Gasteiger partial charge >= 0.3 is 6.18 Å². The van der Waals surface area contributed by atoms with E-state index in [1.165, 1.54) is 11.6 Å². The van der Waals surface area contributed by atoms with Gasteiger partial charge in [-0.15, -0.1) is 0 Å². The van der Waals surface area contributed by atoms with Crippen molar-refractivity contribution < 1.29 is 13.2 Å². The Morgan fingerprint density at radius 3 is 2.67 bits per heavy atom. The molecule has 3 nitrogen and oxygen atoms in total. The Hall–Kier alpha value is -1.56. The molecule has 0 atom stereocenters. The topological polar surface area (TPSA) is 42.1 Å². The summed E-state index contributed by atoms with van der Waals surface area (Å²) >= 11 is 0. The Morgan fingerprint density at radius 2 is 2.05 bits per heavy atom. The van der Waals surface area contributed by atoms with Gasteiger partial charge < -0.3 is 10.6 Å². The monoisotopic (exact) mass is 297 g/mol. The molecule has 6 heteroatoms. The maximum absolute atomic E-state index is 12.7. The first-order chi connectivity index (χ1) is 9.99. The van der Waals surface area contributed by atoms with Crippen LogP contribution in [0.15, 0.2) is 17.7 Å². The molecular formula is C15H18F3N3. The van der Waals surface area contributed by atoms with Crippen LogP contribution in [0, 0.1) is 0 Å². The van der Waals surface area contributed by atoms with Crippen molar-refractivity contribution in [3.8, 4) is 0 Å². The first kappa shape index (κ1) is 14.4. The van der Waals surface area contributed by atoms with Crippen molar-refractivity contribution in [2.45, 2.75) is 38.4 Å². The van der Waals surface area contributed by atoms with Gasteiger partial charge in [0.05, 0.1) is 0 Å². The molecule has 3 rings (SSSR count). The fraction of sp³-hybridized carbons (Fsp3) is 0.533.